The molecule has 0 N–H and O–H groups in total. The molecule has 3 aromatic carbocycles. The maximum atomic E-state index is 12.8. The average Bonchev–Trinajstić information content (AvgIpc) is 3.01. The third-order valence-electron chi connectivity index (χ3n) is 6.10. The first-order chi connectivity index (χ1) is 13.9. The first-order valence-electron chi connectivity index (χ1n) is 10.2. The zero-order valence-corrected chi connectivity index (χ0v) is 17.2. The molecule has 0 radical (unpaired) electrons. The second-order valence-electron chi connectivity index (χ2n) is 8.54. The lowest BCUT2D eigenvalue weighted by molar-refractivity contribution is 0.0224. The first kappa shape index (κ1) is 18.1. The van der Waals surface area contributed by atoms with Crippen LogP contribution in [0.25, 0.3) is 0 Å². The maximum absolute atomic E-state index is 12.8. The van der Waals surface area contributed by atoms with Crippen molar-refractivity contribution in [2.75, 3.05) is 0 Å². The fourth-order valence-electron chi connectivity index (χ4n) is 4.43. The van der Waals surface area contributed by atoms with Crippen LogP contribution in [0.1, 0.15) is 27.0 Å². The first-order valence-corrected chi connectivity index (χ1v) is 10.2. The van der Waals surface area contributed by atoms with Gasteiger partial charge in [-0.25, -0.2) is 4.79 Å². The fraction of sp³-hybridized carbons (Fsp3) is 0.208. The van der Waals surface area contributed by atoms with Crippen molar-refractivity contribution in [1.29, 1.82) is 0 Å². The van der Waals surface area contributed by atoms with Crippen LogP contribution >= 0.6 is 0 Å². The third kappa shape index (κ3) is 2.50. The van der Waals surface area contributed by atoms with Gasteiger partial charge in [-0.2, -0.15) is 0 Å². The number of carbonyl (C=O) groups is 1. The largest absolute Gasteiger partial charge is 0.456 e. The predicted molar refractivity (Wildman–Crippen MR) is 119 cm³/mol. The quantitative estimate of drug-likeness (QED) is 0.495. The van der Waals surface area contributed by atoms with Gasteiger partial charge in [0.25, 0.3) is 0 Å². The molecule has 142 valence electrons. The molecule has 0 amide bonds. The van der Waals surface area contributed by atoms with Crippen LogP contribution in [0.15, 0.2) is 60.7 Å². The summed E-state index contributed by atoms with van der Waals surface area (Å²) < 4.78 is 12.6. The molecule has 29 heavy (non-hydrogen) atoms. The molecule has 0 saturated carbocycles. The van der Waals surface area contributed by atoms with E-state index in [1.165, 1.54) is 10.9 Å². The summed E-state index contributed by atoms with van der Waals surface area (Å²) in [6.45, 7) is 9.40. The molecule has 0 aromatic heterocycles. The molecule has 0 bridgehead atoms. The molecule has 3 nitrogen and oxygen atoms in total. The standard InChI is InChI=1S/C24H22B2O3/c1-25(2)15-9-11-19-21(13-15)28-22-14-16(26(3)4)10-12-20(22)24(19)18-8-6-5-7-17(18)23(27)29-24/h5-14H,1-4H3. The van der Waals surface area contributed by atoms with Gasteiger partial charge in [-0.15, -0.1) is 0 Å². The van der Waals surface area contributed by atoms with E-state index in [2.05, 4.69) is 63.7 Å². The van der Waals surface area contributed by atoms with Gasteiger partial charge in [0.1, 0.15) is 11.5 Å². The molecule has 0 aliphatic carbocycles. The smallest absolute Gasteiger partial charge is 0.340 e. The van der Waals surface area contributed by atoms with Crippen molar-refractivity contribution in [3.8, 4) is 11.5 Å². The van der Waals surface area contributed by atoms with Crippen LogP contribution in [-0.2, 0) is 10.3 Å². The Kier molecular flexibility index (Phi) is 3.92. The van der Waals surface area contributed by atoms with Crippen molar-refractivity contribution in [2.24, 2.45) is 0 Å². The monoisotopic (exact) mass is 380 g/mol. The molecule has 5 heteroatoms. The van der Waals surface area contributed by atoms with Crippen molar-refractivity contribution < 1.29 is 14.3 Å². The van der Waals surface area contributed by atoms with Gasteiger partial charge < -0.3 is 9.47 Å². The van der Waals surface area contributed by atoms with Gasteiger partial charge in [0.05, 0.1) is 5.56 Å². The molecular weight excluding hydrogens is 358 g/mol. The van der Waals surface area contributed by atoms with Crippen LogP contribution in [0, 0.1) is 0 Å². The molecule has 1 spiro atoms. The van der Waals surface area contributed by atoms with Crippen LogP contribution in [0.2, 0.25) is 27.3 Å². The molecule has 0 unspecified atom stereocenters. The maximum Gasteiger partial charge on any atom is 0.340 e. The summed E-state index contributed by atoms with van der Waals surface area (Å²) in [6, 6.07) is 20.2. The fourth-order valence-corrected chi connectivity index (χ4v) is 4.43. The van der Waals surface area contributed by atoms with Crippen LogP contribution < -0.4 is 15.7 Å². The summed E-state index contributed by atoms with van der Waals surface area (Å²) in [7, 11) is 0. The molecule has 0 saturated heterocycles. The number of hydrogen-bond acceptors (Lipinski definition) is 3. The molecule has 0 fully saturated rings. The van der Waals surface area contributed by atoms with Crippen LogP contribution in [0.5, 0.6) is 11.5 Å². The van der Waals surface area contributed by atoms with E-state index in [4.69, 9.17) is 9.47 Å². The van der Waals surface area contributed by atoms with Gasteiger partial charge in [-0.1, -0.05) is 80.7 Å². The van der Waals surface area contributed by atoms with Gasteiger partial charge >= 0.3 is 5.97 Å². The van der Waals surface area contributed by atoms with Crippen LogP contribution in [0.3, 0.4) is 0 Å². The van der Waals surface area contributed by atoms with Crippen LogP contribution in [0.4, 0.5) is 0 Å². The number of esters is 1. The van der Waals surface area contributed by atoms with Crippen molar-refractivity contribution in [2.45, 2.75) is 32.9 Å². The number of fused-ring (bicyclic) bond motifs is 6. The highest BCUT2D eigenvalue weighted by Crippen LogP contribution is 2.55. The second-order valence-corrected chi connectivity index (χ2v) is 8.54. The highest BCUT2D eigenvalue weighted by Gasteiger charge is 2.53. The predicted octanol–water partition coefficient (Wildman–Crippen LogP) is 4.18. The summed E-state index contributed by atoms with van der Waals surface area (Å²) >= 11 is 0. The minimum atomic E-state index is -0.971. The van der Waals surface area contributed by atoms with Gasteiger partial charge in [-0.3, -0.25) is 0 Å². The summed E-state index contributed by atoms with van der Waals surface area (Å²) in [6.07, 6.45) is 0. The van der Waals surface area contributed by atoms with E-state index < -0.39 is 5.60 Å². The SMILES string of the molecule is CB(C)c1ccc2c(c1)Oc1cc(B(C)C)ccc1C21OC(=O)c2ccccc21. The Balaban J connectivity index is 1.83. The number of carbonyl (C=O) groups excluding carboxylic acids is 1. The number of rotatable bonds is 2. The van der Waals surface area contributed by atoms with Crippen molar-refractivity contribution in [1.82, 2.24) is 0 Å². The average molecular weight is 380 g/mol. The Bertz CT molecular complexity index is 1090. The lowest BCUT2D eigenvalue weighted by Crippen LogP contribution is -2.35. The van der Waals surface area contributed by atoms with E-state index in [9.17, 15) is 4.79 Å². The van der Waals surface area contributed by atoms with Gasteiger partial charge in [0.15, 0.2) is 19.0 Å². The molecule has 2 heterocycles. The summed E-state index contributed by atoms with van der Waals surface area (Å²) in [4.78, 5) is 12.8. The minimum absolute atomic E-state index is 0.291. The molecule has 5 rings (SSSR count). The van der Waals surface area contributed by atoms with Crippen molar-refractivity contribution in [3.63, 3.8) is 0 Å². The van der Waals surface area contributed by atoms with E-state index >= 15 is 0 Å². The topological polar surface area (TPSA) is 35.5 Å². The summed E-state index contributed by atoms with van der Waals surface area (Å²) in [5.74, 6) is 1.23. The molecule has 0 atom stereocenters. The van der Waals surface area contributed by atoms with E-state index in [1.54, 1.807) is 0 Å². The third-order valence-corrected chi connectivity index (χ3v) is 6.10. The minimum Gasteiger partial charge on any atom is -0.456 e. The highest BCUT2D eigenvalue weighted by molar-refractivity contribution is 6.71. The lowest BCUT2D eigenvalue weighted by Gasteiger charge is -2.37. The second kappa shape index (κ2) is 6.28. The Labute approximate surface area is 172 Å². The number of hydrogen-bond donors (Lipinski definition) is 0. The zero-order valence-electron chi connectivity index (χ0n) is 17.2. The molecule has 2 aliphatic heterocycles. The van der Waals surface area contributed by atoms with E-state index in [0.29, 0.717) is 19.0 Å². The highest BCUT2D eigenvalue weighted by atomic mass is 16.6. The molecule has 2 aliphatic rings. The zero-order chi connectivity index (χ0) is 20.3. The van der Waals surface area contributed by atoms with E-state index in [0.717, 1.165) is 28.2 Å². The van der Waals surface area contributed by atoms with E-state index in [-0.39, 0.29) is 5.97 Å². The van der Waals surface area contributed by atoms with Gasteiger partial charge in [0, 0.05) is 16.7 Å². The summed E-state index contributed by atoms with van der Waals surface area (Å²) in [5.41, 5.74) is 4.68. The molecule has 3 aromatic rings. The Morgan fingerprint density at radius 2 is 1.28 bits per heavy atom. The number of benzene rings is 3. The Morgan fingerprint density at radius 1 is 0.724 bits per heavy atom. The van der Waals surface area contributed by atoms with Crippen molar-refractivity contribution in [3.05, 3.63) is 82.9 Å². The number of ether oxygens (including phenoxy) is 2. The van der Waals surface area contributed by atoms with Crippen molar-refractivity contribution >= 4 is 30.3 Å². The normalized spacial score (nSPS) is 15.1. The lowest BCUT2D eigenvalue weighted by atomic mass is 9.49. The Hall–Kier alpha value is -2.94. The van der Waals surface area contributed by atoms with Gasteiger partial charge in [0.2, 0.25) is 0 Å². The summed E-state index contributed by atoms with van der Waals surface area (Å²) in [5, 5.41) is 0. The molecular formula is C24H22B2O3. The van der Waals surface area contributed by atoms with Gasteiger partial charge in [-0.05, 0) is 18.2 Å². The Morgan fingerprint density at radius 3 is 1.83 bits per heavy atom. The van der Waals surface area contributed by atoms with E-state index in [1.807, 2.05) is 24.3 Å². The van der Waals surface area contributed by atoms with Crippen LogP contribution in [-0.4, -0.2) is 19.4 Å².